The topological polar surface area (TPSA) is 91.7 Å². The Balaban J connectivity index is 1.18. The number of rotatable bonds is 15. The molecule has 4 aromatic rings. The summed E-state index contributed by atoms with van der Waals surface area (Å²) in [7, 11) is 0. The molecule has 0 aromatic heterocycles. The number of likely N-dealkylation sites (tertiary alicyclic amines) is 2. The van der Waals surface area contributed by atoms with Gasteiger partial charge in [-0.15, -0.1) is 0 Å². The van der Waals surface area contributed by atoms with Gasteiger partial charge >= 0.3 is 5.97 Å². The van der Waals surface area contributed by atoms with E-state index in [-0.39, 0.29) is 6.10 Å². The normalized spacial score (nSPS) is 17.9. The number of hydrogen-bond acceptors (Lipinski definition) is 7. The van der Waals surface area contributed by atoms with Gasteiger partial charge < -0.3 is 29.3 Å². The minimum Gasteiger partial charge on any atom is -0.493 e. The van der Waals surface area contributed by atoms with Crippen LogP contribution in [-0.2, 0) is 24.6 Å². The lowest BCUT2D eigenvalue weighted by Crippen LogP contribution is -2.44. The molecule has 2 heterocycles. The number of aliphatic hydroxyl groups is 1. The van der Waals surface area contributed by atoms with Crippen LogP contribution >= 0.6 is 11.6 Å². The maximum atomic E-state index is 12.1. The Morgan fingerprint density at radius 3 is 2.32 bits per heavy atom. The molecule has 2 aliphatic heterocycles. The Kier molecular flexibility index (Phi) is 13.0. The minimum absolute atomic E-state index is 0.202. The SMILES string of the molecule is Cc1ccc(COc2cc(OCc3cccc(-c4cccc(OCCCN5CCC(O)C5)c4C)c3C)c(Cl)cc2CN2CCCCC2C(=O)O)cc1C. The van der Waals surface area contributed by atoms with E-state index in [1.807, 2.05) is 29.2 Å². The number of aliphatic carboxylic acids is 1. The zero-order valence-corrected chi connectivity index (χ0v) is 32.3. The number of hydrogen-bond donors (Lipinski definition) is 2. The molecule has 4 aromatic carbocycles. The molecule has 0 bridgehead atoms. The second-order valence-electron chi connectivity index (χ2n) is 14.7. The van der Waals surface area contributed by atoms with Crippen LogP contribution in [-0.4, -0.2) is 70.9 Å². The summed E-state index contributed by atoms with van der Waals surface area (Å²) in [6.07, 6.45) is 4.05. The minimum atomic E-state index is -0.796. The number of carboxylic acids is 1. The fourth-order valence-electron chi connectivity index (χ4n) is 7.51. The Hall–Kier alpha value is -4.08. The van der Waals surface area contributed by atoms with Crippen LogP contribution in [0.15, 0.2) is 66.7 Å². The van der Waals surface area contributed by atoms with Crippen molar-refractivity contribution >= 4 is 17.6 Å². The van der Waals surface area contributed by atoms with Crippen molar-refractivity contribution in [1.29, 1.82) is 0 Å². The molecular weight excluding hydrogens is 688 g/mol. The van der Waals surface area contributed by atoms with Crippen LogP contribution in [0.4, 0.5) is 0 Å². The Morgan fingerprint density at radius 1 is 0.792 bits per heavy atom. The number of benzene rings is 4. The maximum absolute atomic E-state index is 12.1. The van der Waals surface area contributed by atoms with Crippen molar-refractivity contribution < 1.29 is 29.2 Å². The van der Waals surface area contributed by atoms with E-state index in [0.717, 1.165) is 90.0 Å². The molecule has 0 aliphatic carbocycles. The van der Waals surface area contributed by atoms with Gasteiger partial charge in [0.25, 0.3) is 0 Å². The van der Waals surface area contributed by atoms with E-state index in [2.05, 4.69) is 75.1 Å². The Labute approximate surface area is 319 Å². The first kappa shape index (κ1) is 38.6. The molecule has 282 valence electrons. The molecule has 0 radical (unpaired) electrons. The summed E-state index contributed by atoms with van der Waals surface area (Å²) in [6.45, 7) is 13.5. The zero-order chi connectivity index (χ0) is 37.5. The summed E-state index contributed by atoms with van der Waals surface area (Å²) in [5.74, 6) is 1.23. The summed E-state index contributed by atoms with van der Waals surface area (Å²) < 4.78 is 19.1. The first-order valence-corrected chi connectivity index (χ1v) is 19.3. The molecule has 2 aliphatic rings. The quantitative estimate of drug-likeness (QED) is 0.117. The number of aryl methyl sites for hydroxylation is 2. The van der Waals surface area contributed by atoms with Crippen molar-refractivity contribution in [1.82, 2.24) is 9.80 Å². The van der Waals surface area contributed by atoms with Crippen LogP contribution in [0.3, 0.4) is 0 Å². The molecule has 0 spiro atoms. The highest BCUT2D eigenvalue weighted by molar-refractivity contribution is 6.32. The van der Waals surface area contributed by atoms with Crippen molar-refractivity contribution in [3.8, 4) is 28.4 Å². The molecule has 6 rings (SSSR count). The van der Waals surface area contributed by atoms with Crippen LogP contribution in [0.5, 0.6) is 17.2 Å². The van der Waals surface area contributed by atoms with Gasteiger partial charge in [0.15, 0.2) is 0 Å². The first-order valence-electron chi connectivity index (χ1n) is 18.9. The van der Waals surface area contributed by atoms with Crippen LogP contribution in [0.25, 0.3) is 11.1 Å². The largest absolute Gasteiger partial charge is 0.493 e. The van der Waals surface area contributed by atoms with E-state index >= 15 is 0 Å². The van der Waals surface area contributed by atoms with E-state index < -0.39 is 12.0 Å². The fourth-order valence-corrected chi connectivity index (χ4v) is 7.75. The summed E-state index contributed by atoms with van der Waals surface area (Å²) in [5.41, 5.74) is 9.80. The van der Waals surface area contributed by atoms with Gasteiger partial charge in [-0.3, -0.25) is 9.69 Å². The number of carboxylic acid groups (broad SMARTS) is 1. The van der Waals surface area contributed by atoms with E-state index in [9.17, 15) is 15.0 Å². The van der Waals surface area contributed by atoms with Gasteiger partial charge in [-0.25, -0.2) is 0 Å². The summed E-state index contributed by atoms with van der Waals surface area (Å²) in [4.78, 5) is 16.4. The first-order chi connectivity index (χ1) is 25.6. The van der Waals surface area contributed by atoms with E-state index in [1.165, 1.54) is 11.1 Å². The summed E-state index contributed by atoms with van der Waals surface area (Å²) in [6, 6.07) is 22.0. The Bertz CT molecular complexity index is 1900. The second kappa shape index (κ2) is 17.8. The second-order valence-corrected chi connectivity index (χ2v) is 15.1. The van der Waals surface area contributed by atoms with Gasteiger partial charge in [0, 0.05) is 37.8 Å². The van der Waals surface area contributed by atoms with Gasteiger partial charge in [0.1, 0.15) is 36.5 Å². The lowest BCUT2D eigenvalue weighted by molar-refractivity contribution is -0.144. The fraction of sp³-hybridized carbons (Fsp3) is 0.432. The highest BCUT2D eigenvalue weighted by Crippen LogP contribution is 2.37. The van der Waals surface area contributed by atoms with E-state index in [1.54, 1.807) is 0 Å². The van der Waals surface area contributed by atoms with Crippen molar-refractivity contribution in [2.45, 2.75) is 91.7 Å². The number of halogens is 1. The zero-order valence-electron chi connectivity index (χ0n) is 31.5. The molecule has 0 amide bonds. The molecule has 2 atom stereocenters. The average Bonchev–Trinajstić information content (AvgIpc) is 3.56. The number of nitrogens with zero attached hydrogens (tertiary/aromatic N) is 2. The van der Waals surface area contributed by atoms with E-state index in [0.29, 0.717) is 55.9 Å². The third-order valence-corrected chi connectivity index (χ3v) is 11.2. The molecule has 2 N–H and O–H groups in total. The van der Waals surface area contributed by atoms with Gasteiger partial charge in [-0.2, -0.15) is 0 Å². The van der Waals surface area contributed by atoms with Crippen LogP contribution in [0.2, 0.25) is 5.02 Å². The third-order valence-electron chi connectivity index (χ3n) is 10.9. The molecule has 9 heteroatoms. The Morgan fingerprint density at radius 2 is 1.57 bits per heavy atom. The van der Waals surface area contributed by atoms with Crippen LogP contribution in [0, 0.1) is 27.7 Å². The smallest absolute Gasteiger partial charge is 0.320 e. The van der Waals surface area contributed by atoms with Crippen molar-refractivity contribution in [3.63, 3.8) is 0 Å². The molecule has 0 saturated carbocycles. The summed E-state index contributed by atoms with van der Waals surface area (Å²) >= 11 is 6.90. The monoisotopic (exact) mass is 740 g/mol. The lowest BCUT2D eigenvalue weighted by Gasteiger charge is -2.33. The molecule has 53 heavy (non-hydrogen) atoms. The van der Waals surface area contributed by atoms with Gasteiger partial charge in [0.2, 0.25) is 0 Å². The van der Waals surface area contributed by atoms with Crippen LogP contribution < -0.4 is 14.2 Å². The lowest BCUT2D eigenvalue weighted by atomic mass is 9.93. The van der Waals surface area contributed by atoms with Crippen molar-refractivity contribution in [2.24, 2.45) is 0 Å². The standard InChI is InChI=1S/C44H53ClN2O6/c1-29-15-16-33(22-30(29)2)27-52-42-24-43(39(45)23-35(42)25-47-19-6-5-13-40(47)44(49)50)53-28-34-10-7-11-37(31(34)3)38-12-8-14-41(32(38)4)51-21-9-18-46-20-17-36(48)26-46/h7-8,10-12,14-16,22-24,36,40,48H,5-6,9,13,17-21,25-28H2,1-4H3,(H,49,50). The summed E-state index contributed by atoms with van der Waals surface area (Å²) in [5, 5.41) is 20.2. The number of piperidine rings is 1. The molecule has 2 fully saturated rings. The number of aliphatic hydroxyl groups excluding tert-OH is 1. The molecule has 2 unspecified atom stereocenters. The molecular formula is C44H53ClN2O6. The third kappa shape index (κ3) is 9.73. The number of ether oxygens (including phenoxy) is 3. The average molecular weight is 741 g/mol. The predicted octanol–water partition coefficient (Wildman–Crippen LogP) is 8.67. The van der Waals surface area contributed by atoms with Crippen molar-refractivity contribution in [2.75, 3.05) is 32.8 Å². The van der Waals surface area contributed by atoms with Crippen LogP contribution in [0.1, 0.15) is 71.0 Å². The van der Waals surface area contributed by atoms with Gasteiger partial charge in [-0.05, 0) is 117 Å². The van der Waals surface area contributed by atoms with Crippen molar-refractivity contribution in [3.05, 3.63) is 111 Å². The highest BCUT2D eigenvalue weighted by Gasteiger charge is 2.29. The highest BCUT2D eigenvalue weighted by atomic mass is 35.5. The number of carbonyl (C=O) groups is 1. The van der Waals surface area contributed by atoms with E-state index in [4.69, 9.17) is 25.8 Å². The predicted molar refractivity (Wildman–Crippen MR) is 210 cm³/mol. The number of β-amino-alcohol motifs (C(OH)–C–C–N with tert-alkyl or cyclic N) is 1. The maximum Gasteiger partial charge on any atom is 0.320 e. The molecule has 2 saturated heterocycles. The van der Waals surface area contributed by atoms with Gasteiger partial charge in [0.05, 0.1) is 17.7 Å². The van der Waals surface area contributed by atoms with Gasteiger partial charge in [-0.1, -0.05) is 66.6 Å². The molecule has 8 nitrogen and oxygen atoms in total.